The summed E-state index contributed by atoms with van der Waals surface area (Å²) < 4.78 is 54.0. The third-order valence-corrected chi connectivity index (χ3v) is 14.1. The van der Waals surface area contributed by atoms with E-state index >= 15 is 13.2 Å². The van der Waals surface area contributed by atoms with Crippen LogP contribution in [0.3, 0.4) is 0 Å². The van der Waals surface area contributed by atoms with Crippen molar-refractivity contribution < 1.29 is 13.2 Å². The fourth-order valence-electron chi connectivity index (χ4n) is 9.37. The highest BCUT2D eigenvalue weighted by atomic mass is 32.1. The van der Waals surface area contributed by atoms with Gasteiger partial charge in [0.1, 0.15) is 11.6 Å². The SMILES string of the molecule is N#Cc1ccc(-c2cc(-n3c4ccccc4c4ccc5sc6ccccc6c5c43)c(C#N)c(-n3c4ccccc4c4ccc5sc6ccccc6c5c43)c2)c(C(F)(F)F)c1. The number of hydrogen-bond donors (Lipinski definition) is 0. The number of aromatic nitrogens is 2. The molecule has 12 aromatic rings. The number of thiophene rings is 2. The molecule has 0 saturated carbocycles. The minimum atomic E-state index is -4.78. The molecule has 4 nitrogen and oxygen atoms in total. The van der Waals surface area contributed by atoms with Gasteiger partial charge in [-0.15, -0.1) is 22.7 Å². The van der Waals surface area contributed by atoms with E-state index in [-0.39, 0.29) is 16.7 Å². The van der Waals surface area contributed by atoms with Crippen LogP contribution < -0.4 is 0 Å². The maximum Gasteiger partial charge on any atom is 0.417 e. The smallest absolute Gasteiger partial charge is 0.307 e. The molecular weight excluding hydrogens is 790 g/mol. The summed E-state index contributed by atoms with van der Waals surface area (Å²) in [5, 5.41) is 29.3. The number of alkyl halides is 3. The summed E-state index contributed by atoms with van der Waals surface area (Å²) in [7, 11) is 0. The molecule has 4 aromatic heterocycles. The zero-order valence-corrected chi connectivity index (χ0v) is 32.8. The van der Waals surface area contributed by atoms with E-state index in [0.717, 1.165) is 90.0 Å². The molecule has 0 aliphatic heterocycles. The van der Waals surface area contributed by atoms with Crippen LogP contribution in [-0.4, -0.2) is 9.13 Å². The van der Waals surface area contributed by atoms with Crippen molar-refractivity contribution in [3.05, 3.63) is 168 Å². The molecule has 0 aliphatic rings. The molecule has 0 unspecified atom stereocenters. The maximum atomic E-state index is 15.2. The third kappa shape index (κ3) is 4.76. The van der Waals surface area contributed by atoms with Crippen molar-refractivity contribution in [1.82, 2.24) is 9.13 Å². The molecule has 0 aliphatic carbocycles. The molecule has 0 saturated heterocycles. The molecule has 4 heterocycles. The summed E-state index contributed by atoms with van der Waals surface area (Å²) in [5.74, 6) is 0. The summed E-state index contributed by atoms with van der Waals surface area (Å²) in [5.41, 5.74) is 3.73. The highest BCUT2D eigenvalue weighted by molar-refractivity contribution is 7.26. The van der Waals surface area contributed by atoms with Crippen LogP contribution in [0.2, 0.25) is 0 Å². The van der Waals surface area contributed by atoms with Crippen molar-refractivity contribution >= 4 is 107 Å². The van der Waals surface area contributed by atoms with Crippen LogP contribution in [0.5, 0.6) is 0 Å². The van der Waals surface area contributed by atoms with E-state index in [1.165, 1.54) is 12.1 Å². The summed E-state index contributed by atoms with van der Waals surface area (Å²) in [6, 6.07) is 52.6. The lowest BCUT2D eigenvalue weighted by Gasteiger charge is -2.20. The van der Waals surface area contributed by atoms with Crippen molar-refractivity contribution in [2.24, 2.45) is 0 Å². The predicted octanol–water partition coefficient (Wildman–Crippen LogP) is 15.0. The van der Waals surface area contributed by atoms with E-state index in [2.05, 4.69) is 75.9 Å². The van der Waals surface area contributed by atoms with E-state index in [0.29, 0.717) is 16.9 Å². The fourth-order valence-corrected chi connectivity index (χ4v) is 11.6. The van der Waals surface area contributed by atoms with Gasteiger partial charge >= 0.3 is 6.18 Å². The Balaban J connectivity index is 1.32. The first-order valence-electron chi connectivity index (χ1n) is 19.2. The van der Waals surface area contributed by atoms with Crippen LogP contribution in [0.15, 0.2) is 152 Å². The molecule has 8 aromatic carbocycles. The Kier molecular flexibility index (Phi) is 7.23. The van der Waals surface area contributed by atoms with E-state index in [9.17, 15) is 10.5 Å². The molecular formula is C51H25F3N4S2. The average molecular weight is 815 g/mol. The topological polar surface area (TPSA) is 57.4 Å². The fraction of sp³-hybridized carbons (Fsp3) is 0.0196. The maximum absolute atomic E-state index is 15.2. The van der Waals surface area contributed by atoms with Gasteiger partial charge in [-0.1, -0.05) is 91.0 Å². The first-order valence-corrected chi connectivity index (χ1v) is 20.8. The minimum absolute atomic E-state index is 0.0905. The molecule has 282 valence electrons. The Morgan fingerprint density at radius 1 is 0.467 bits per heavy atom. The van der Waals surface area contributed by atoms with Crippen molar-refractivity contribution in [3.63, 3.8) is 0 Å². The molecule has 0 radical (unpaired) electrons. The molecule has 0 N–H and O–H groups in total. The Labute approximate surface area is 347 Å². The number of para-hydroxylation sites is 2. The largest absolute Gasteiger partial charge is 0.417 e. The highest BCUT2D eigenvalue weighted by Crippen LogP contribution is 2.48. The zero-order valence-electron chi connectivity index (χ0n) is 31.2. The number of benzene rings is 8. The van der Waals surface area contributed by atoms with E-state index in [1.54, 1.807) is 34.8 Å². The van der Waals surface area contributed by atoms with Crippen LogP contribution >= 0.6 is 22.7 Å². The van der Waals surface area contributed by atoms with Gasteiger partial charge in [0, 0.05) is 61.9 Å². The van der Waals surface area contributed by atoms with Gasteiger partial charge < -0.3 is 9.13 Å². The third-order valence-electron chi connectivity index (χ3n) is 11.8. The zero-order chi connectivity index (χ0) is 40.4. The molecule has 0 fully saturated rings. The second-order valence-corrected chi connectivity index (χ2v) is 17.1. The number of nitriles is 2. The second-order valence-electron chi connectivity index (χ2n) is 14.9. The van der Waals surface area contributed by atoms with Crippen LogP contribution in [0.25, 0.3) is 106 Å². The number of rotatable bonds is 3. The molecule has 0 amide bonds. The quantitative estimate of drug-likeness (QED) is 0.178. The second kappa shape index (κ2) is 12.5. The van der Waals surface area contributed by atoms with Crippen molar-refractivity contribution in [1.29, 1.82) is 10.5 Å². The number of fused-ring (bicyclic) bond motifs is 14. The summed E-state index contributed by atoms with van der Waals surface area (Å²) in [6.45, 7) is 0. The van der Waals surface area contributed by atoms with Crippen LogP contribution in [0.4, 0.5) is 13.2 Å². The van der Waals surface area contributed by atoms with Gasteiger partial charge in [0.2, 0.25) is 0 Å². The first kappa shape index (κ1) is 34.6. The number of halogens is 3. The van der Waals surface area contributed by atoms with Gasteiger partial charge in [-0.2, -0.15) is 23.7 Å². The Morgan fingerprint density at radius 2 is 0.950 bits per heavy atom. The van der Waals surface area contributed by atoms with Gasteiger partial charge in [0.05, 0.1) is 50.6 Å². The predicted molar refractivity (Wildman–Crippen MR) is 241 cm³/mol. The van der Waals surface area contributed by atoms with Gasteiger partial charge in [-0.3, -0.25) is 0 Å². The van der Waals surface area contributed by atoms with E-state index in [1.807, 2.05) is 66.7 Å². The Hall–Kier alpha value is -7.43. The summed E-state index contributed by atoms with van der Waals surface area (Å²) in [6.07, 6.45) is -4.78. The average Bonchev–Trinajstić information content (AvgIpc) is 4.02. The van der Waals surface area contributed by atoms with Crippen molar-refractivity contribution in [3.8, 4) is 34.6 Å². The van der Waals surface area contributed by atoms with Crippen LogP contribution in [0, 0.1) is 22.7 Å². The van der Waals surface area contributed by atoms with E-state index in [4.69, 9.17) is 0 Å². The minimum Gasteiger partial charge on any atom is -0.307 e. The lowest BCUT2D eigenvalue weighted by Crippen LogP contribution is -2.09. The van der Waals surface area contributed by atoms with Gasteiger partial charge in [-0.05, 0) is 71.8 Å². The number of hydrogen-bond acceptors (Lipinski definition) is 4. The molecule has 0 atom stereocenters. The standard InChI is InChI=1S/C51H25F3N4S2/c52-51(53,54)38-23-28(26-55)17-18-30(38)29-24-41(57-39-13-5-1-9-31(39)33-19-21-45-47(49(33)57)35-11-3-7-15-43(35)59-45)37(27-56)42(25-29)58-40-14-6-2-10-32(40)34-20-22-46-48(50(34)58)36-12-4-8-16-44(36)60-46/h1-25H. The Bertz CT molecular complexity index is 3710. The number of nitrogens with zero attached hydrogens (tertiary/aromatic N) is 4. The monoisotopic (exact) mass is 814 g/mol. The lowest BCUT2D eigenvalue weighted by molar-refractivity contribution is -0.137. The molecule has 9 heteroatoms. The van der Waals surface area contributed by atoms with Crippen molar-refractivity contribution in [2.45, 2.75) is 6.18 Å². The molecule has 0 spiro atoms. The summed E-state index contributed by atoms with van der Waals surface area (Å²) in [4.78, 5) is 0. The molecule has 0 bridgehead atoms. The van der Waals surface area contributed by atoms with E-state index < -0.39 is 11.7 Å². The summed E-state index contributed by atoms with van der Waals surface area (Å²) >= 11 is 3.36. The van der Waals surface area contributed by atoms with Gasteiger partial charge in [0.25, 0.3) is 0 Å². The van der Waals surface area contributed by atoms with Crippen LogP contribution in [-0.2, 0) is 6.18 Å². The van der Waals surface area contributed by atoms with Gasteiger partial charge in [-0.25, -0.2) is 0 Å². The normalized spacial score (nSPS) is 12.2. The lowest BCUT2D eigenvalue weighted by atomic mass is 9.94. The van der Waals surface area contributed by atoms with Gasteiger partial charge in [0.15, 0.2) is 0 Å². The first-order chi connectivity index (χ1) is 29.3. The van der Waals surface area contributed by atoms with Crippen LogP contribution in [0.1, 0.15) is 16.7 Å². The molecule has 12 rings (SSSR count). The highest BCUT2D eigenvalue weighted by Gasteiger charge is 2.35. The molecule has 60 heavy (non-hydrogen) atoms. The Morgan fingerprint density at radius 3 is 1.43 bits per heavy atom. The van der Waals surface area contributed by atoms with Crippen molar-refractivity contribution in [2.75, 3.05) is 0 Å².